The number of carboxylic acid groups (broad SMARTS) is 1. The van der Waals surface area contributed by atoms with Crippen molar-refractivity contribution in [2.24, 2.45) is 4.99 Å². The van der Waals surface area contributed by atoms with Gasteiger partial charge in [-0.3, -0.25) is 0 Å². The normalized spacial score (nSPS) is 11.2. The standard InChI is InChI=1S/C19H11N3O5/c20-9-15-13-7-6-12(27-11-4-2-1-3-5-11)8-14(13)18(24)16(22-15)17(19(25)26)21-10-23/h1-8,17,24H,(H,25,26). The van der Waals surface area contributed by atoms with E-state index in [1.807, 2.05) is 12.1 Å². The van der Waals surface area contributed by atoms with E-state index >= 15 is 0 Å². The second-order valence-electron chi connectivity index (χ2n) is 5.39. The molecule has 0 fully saturated rings. The monoisotopic (exact) mass is 361 g/mol. The van der Waals surface area contributed by atoms with E-state index in [2.05, 4.69) is 9.98 Å². The molecule has 0 aliphatic rings. The molecule has 0 spiro atoms. The Morgan fingerprint density at radius 3 is 2.52 bits per heavy atom. The van der Waals surface area contributed by atoms with Gasteiger partial charge < -0.3 is 14.9 Å². The van der Waals surface area contributed by atoms with Crippen LogP contribution in [0.1, 0.15) is 17.4 Å². The van der Waals surface area contributed by atoms with Crippen molar-refractivity contribution >= 4 is 22.8 Å². The summed E-state index contributed by atoms with van der Waals surface area (Å²) in [5.74, 6) is -1.11. The van der Waals surface area contributed by atoms with E-state index in [9.17, 15) is 25.1 Å². The first-order valence-electron chi connectivity index (χ1n) is 7.64. The minimum atomic E-state index is -1.78. The summed E-state index contributed by atoms with van der Waals surface area (Å²) < 4.78 is 5.69. The zero-order valence-corrected chi connectivity index (χ0v) is 13.7. The number of aromatic hydroxyl groups is 1. The molecule has 1 unspecified atom stereocenters. The fourth-order valence-corrected chi connectivity index (χ4v) is 2.55. The largest absolute Gasteiger partial charge is 0.505 e. The molecule has 1 aromatic heterocycles. The Balaban J connectivity index is 2.19. The highest BCUT2D eigenvalue weighted by molar-refractivity contribution is 5.94. The summed E-state index contributed by atoms with van der Waals surface area (Å²) in [5.41, 5.74) is -0.539. The lowest BCUT2D eigenvalue weighted by Gasteiger charge is -2.13. The van der Waals surface area contributed by atoms with Gasteiger partial charge in [-0.2, -0.15) is 10.3 Å². The highest BCUT2D eigenvalue weighted by Gasteiger charge is 2.27. The molecule has 0 aliphatic heterocycles. The van der Waals surface area contributed by atoms with Crippen molar-refractivity contribution < 1.29 is 24.5 Å². The summed E-state index contributed by atoms with van der Waals surface area (Å²) in [5, 5.41) is 29.5. The number of aliphatic carboxylic acids is 1. The second-order valence-corrected chi connectivity index (χ2v) is 5.39. The maximum atomic E-state index is 11.4. The molecule has 1 atom stereocenters. The van der Waals surface area contributed by atoms with E-state index in [-0.39, 0.29) is 11.1 Å². The number of hydrogen-bond donors (Lipinski definition) is 2. The van der Waals surface area contributed by atoms with E-state index in [1.165, 1.54) is 12.1 Å². The van der Waals surface area contributed by atoms with E-state index in [4.69, 9.17) is 4.74 Å². The lowest BCUT2D eigenvalue weighted by molar-refractivity contribution is -0.138. The Kier molecular flexibility index (Phi) is 4.79. The van der Waals surface area contributed by atoms with Crippen LogP contribution in [0.4, 0.5) is 0 Å². The van der Waals surface area contributed by atoms with Crippen molar-refractivity contribution in [1.82, 2.24) is 4.98 Å². The molecule has 3 aromatic rings. The third kappa shape index (κ3) is 3.44. The first-order chi connectivity index (χ1) is 13.0. The summed E-state index contributed by atoms with van der Waals surface area (Å²) in [6.07, 6.45) is 1.14. The van der Waals surface area contributed by atoms with Crippen molar-refractivity contribution in [3.8, 4) is 23.3 Å². The van der Waals surface area contributed by atoms with Crippen molar-refractivity contribution in [3.63, 3.8) is 0 Å². The molecule has 8 nitrogen and oxygen atoms in total. The quantitative estimate of drug-likeness (QED) is 0.527. The third-order valence-corrected chi connectivity index (χ3v) is 3.74. The first-order valence-corrected chi connectivity index (χ1v) is 7.64. The van der Waals surface area contributed by atoms with Gasteiger partial charge in [0.05, 0.1) is 0 Å². The molecule has 27 heavy (non-hydrogen) atoms. The predicted molar refractivity (Wildman–Crippen MR) is 93.1 cm³/mol. The van der Waals surface area contributed by atoms with Crippen molar-refractivity contribution in [3.05, 3.63) is 59.9 Å². The van der Waals surface area contributed by atoms with Crippen LogP contribution in [0.15, 0.2) is 53.5 Å². The Morgan fingerprint density at radius 2 is 1.89 bits per heavy atom. The molecule has 0 saturated carbocycles. The molecule has 3 rings (SSSR count). The van der Waals surface area contributed by atoms with Gasteiger partial charge in [0, 0.05) is 10.8 Å². The zero-order chi connectivity index (χ0) is 19.4. The molecule has 8 heteroatoms. The Morgan fingerprint density at radius 1 is 1.15 bits per heavy atom. The Labute approximate surface area is 152 Å². The SMILES string of the molecule is N#Cc1nc(C(N=C=O)C(=O)O)c(O)c2cc(Oc3ccccc3)ccc12. The van der Waals surface area contributed by atoms with Crippen LogP contribution in [0.25, 0.3) is 10.8 Å². The van der Waals surface area contributed by atoms with Gasteiger partial charge in [-0.1, -0.05) is 18.2 Å². The number of carboxylic acids is 1. The van der Waals surface area contributed by atoms with E-state index in [0.717, 1.165) is 6.08 Å². The number of rotatable bonds is 5. The van der Waals surface area contributed by atoms with E-state index < -0.39 is 23.5 Å². The summed E-state index contributed by atoms with van der Waals surface area (Å²) >= 11 is 0. The summed E-state index contributed by atoms with van der Waals surface area (Å²) in [7, 11) is 0. The maximum Gasteiger partial charge on any atom is 0.335 e. The fourth-order valence-electron chi connectivity index (χ4n) is 2.55. The molecule has 0 radical (unpaired) electrons. The average molecular weight is 361 g/mol. The number of carbonyl (C=O) groups excluding carboxylic acids is 1. The molecular weight excluding hydrogens is 350 g/mol. The van der Waals surface area contributed by atoms with Gasteiger partial charge in [0.2, 0.25) is 12.1 Å². The molecule has 0 saturated heterocycles. The summed E-state index contributed by atoms with van der Waals surface area (Å²) in [4.78, 5) is 28.9. The average Bonchev–Trinajstić information content (AvgIpc) is 2.68. The Bertz CT molecular complexity index is 1110. The van der Waals surface area contributed by atoms with Gasteiger partial charge in [-0.25, -0.2) is 14.6 Å². The smallest absolute Gasteiger partial charge is 0.335 e. The van der Waals surface area contributed by atoms with Gasteiger partial charge in [0.1, 0.15) is 34.7 Å². The van der Waals surface area contributed by atoms with Crippen LogP contribution in [0.5, 0.6) is 17.2 Å². The van der Waals surface area contributed by atoms with Crippen LogP contribution in [0, 0.1) is 11.3 Å². The van der Waals surface area contributed by atoms with Crippen LogP contribution in [0.3, 0.4) is 0 Å². The zero-order valence-electron chi connectivity index (χ0n) is 13.7. The minimum absolute atomic E-state index is 0.114. The molecule has 1 heterocycles. The van der Waals surface area contributed by atoms with Crippen molar-refractivity contribution in [2.45, 2.75) is 6.04 Å². The number of aromatic nitrogens is 1. The lowest BCUT2D eigenvalue weighted by atomic mass is 10.0. The van der Waals surface area contributed by atoms with Gasteiger partial charge in [0.15, 0.2) is 0 Å². The number of benzene rings is 2. The number of nitrogens with zero attached hydrogens (tertiary/aromatic N) is 3. The molecule has 0 bridgehead atoms. The summed E-state index contributed by atoms with van der Waals surface area (Å²) in [6.45, 7) is 0. The predicted octanol–water partition coefficient (Wildman–Crippen LogP) is 3.07. The van der Waals surface area contributed by atoms with Crippen LogP contribution in [0.2, 0.25) is 0 Å². The molecular formula is C19H11N3O5. The number of carbonyl (C=O) groups is 1. The molecule has 2 aromatic carbocycles. The van der Waals surface area contributed by atoms with Gasteiger partial charge >= 0.3 is 5.97 Å². The Hall–Kier alpha value is -4.21. The van der Waals surface area contributed by atoms with Crippen LogP contribution in [-0.4, -0.2) is 27.2 Å². The fraction of sp³-hybridized carbons (Fsp3) is 0.0526. The lowest BCUT2D eigenvalue weighted by Crippen LogP contribution is -2.12. The maximum absolute atomic E-state index is 11.4. The van der Waals surface area contributed by atoms with Crippen LogP contribution >= 0.6 is 0 Å². The number of para-hydroxylation sites is 1. The van der Waals surface area contributed by atoms with Crippen molar-refractivity contribution in [1.29, 1.82) is 5.26 Å². The third-order valence-electron chi connectivity index (χ3n) is 3.74. The number of fused-ring (bicyclic) bond motifs is 1. The molecule has 0 aliphatic carbocycles. The molecule has 132 valence electrons. The molecule has 0 amide bonds. The van der Waals surface area contributed by atoms with Gasteiger partial charge in [0.25, 0.3) is 0 Å². The minimum Gasteiger partial charge on any atom is -0.505 e. The second kappa shape index (κ2) is 7.35. The topological polar surface area (TPSA) is 133 Å². The summed E-state index contributed by atoms with van der Waals surface area (Å²) in [6, 6.07) is 13.5. The van der Waals surface area contributed by atoms with Crippen LogP contribution < -0.4 is 4.74 Å². The number of hydrogen-bond acceptors (Lipinski definition) is 7. The van der Waals surface area contributed by atoms with Crippen molar-refractivity contribution in [2.75, 3.05) is 0 Å². The number of aliphatic imine (C=N–C) groups is 1. The van der Waals surface area contributed by atoms with Gasteiger partial charge in [-0.05, 0) is 30.3 Å². The number of isocyanates is 1. The van der Waals surface area contributed by atoms with E-state index in [0.29, 0.717) is 16.9 Å². The number of ether oxygens (including phenoxy) is 1. The van der Waals surface area contributed by atoms with Crippen LogP contribution in [-0.2, 0) is 9.59 Å². The van der Waals surface area contributed by atoms with Gasteiger partial charge in [-0.15, -0.1) is 0 Å². The number of nitriles is 1. The highest BCUT2D eigenvalue weighted by Crippen LogP contribution is 2.37. The number of pyridine rings is 1. The van der Waals surface area contributed by atoms with E-state index in [1.54, 1.807) is 30.3 Å². The molecule has 2 N–H and O–H groups in total. The first kappa shape index (κ1) is 17.6. The highest BCUT2D eigenvalue weighted by atomic mass is 16.5.